The normalized spacial score (nSPS) is 16.2. The summed E-state index contributed by atoms with van der Waals surface area (Å²) in [6.45, 7) is 2.64. The van der Waals surface area contributed by atoms with Gasteiger partial charge in [0.15, 0.2) is 0 Å². The second-order valence-corrected chi connectivity index (χ2v) is 4.08. The molecule has 0 aromatic heterocycles. The van der Waals surface area contributed by atoms with Crippen molar-refractivity contribution in [2.24, 2.45) is 0 Å². The lowest BCUT2D eigenvalue weighted by Gasteiger charge is -2.27. The second kappa shape index (κ2) is 5.37. The number of hydrogen-bond acceptors (Lipinski definition) is 3. The Bertz CT molecular complexity index is 375. The Balaban J connectivity index is 2.12. The van der Waals surface area contributed by atoms with Crippen LogP contribution in [-0.4, -0.2) is 37.1 Å². The van der Waals surface area contributed by atoms with Crippen molar-refractivity contribution in [1.29, 1.82) is 0 Å². The first-order valence-corrected chi connectivity index (χ1v) is 6.01. The van der Waals surface area contributed by atoms with Crippen molar-refractivity contribution in [3.63, 3.8) is 0 Å². The molecular formula is C12H15NO2S. The van der Waals surface area contributed by atoms with Gasteiger partial charge in [0.05, 0.1) is 13.2 Å². The molecule has 1 amide bonds. The van der Waals surface area contributed by atoms with E-state index in [9.17, 15) is 4.79 Å². The van der Waals surface area contributed by atoms with E-state index in [0.29, 0.717) is 32.1 Å². The van der Waals surface area contributed by atoms with Gasteiger partial charge in [0.2, 0.25) is 0 Å². The maximum Gasteiger partial charge on any atom is 0.254 e. The van der Waals surface area contributed by atoms with Crippen LogP contribution < -0.4 is 0 Å². The van der Waals surface area contributed by atoms with Crippen molar-refractivity contribution in [3.05, 3.63) is 35.4 Å². The Morgan fingerprint density at radius 2 is 2.12 bits per heavy atom. The molecule has 1 aliphatic rings. The van der Waals surface area contributed by atoms with Crippen LogP contribution in [0.4, 0.5) is 0 Å². The van der Waals surface area contributed by atoms with Gasteiger partial charge in [-0.2, -0.15) is 12.6 Å². The van der Waals surface area contributed by atoms with Gasteiger partial charge in [-0.3, -0.25) is 4.79 Å². The summed E-state index contributed by atoms with van der Waals surface area (Å²) in [4.78, 5) is 13.9. The van der Waals surface area contributed by atoms with Gasteiger partial charge < -0.3 is 9.64 Å². The van der Waals surface area contributed by atoms with Crippen LogP contribution in [0.25, 0.3) is 0 Å². The van der Waals surface area contributed by atoms with E-state index in [1.807, 2.05) is 29.2 Å². The van der Waals surface area contributed by atoms with E-state index in [2.05, 4.69) is 12.6 Å². The number of benzene rings is 1. The fourth-order valence-electron chi connectivity index (χ4n) is 1.75. The highest BCUT2D eigenvalue weighted by molar-refractivity contribution is 7.79. The third-order valence-corrected chi connectivity index (χ3v) is 3.02. The number of morpholine rings is 1. The molecule has 1 aromatic carbocycles. The highest BCUT2D eigenvalue weighted by Crippen LogP contribution is 2.11. The lowest BCUT2D eigenvalue weighted by atomic mass is 10.1. The van der Waals surface area contributed by atoms with Crippen molar-refractivity contribution in [2.75, 3.05) is 26.3 Å². The Labute approximate surface area is 101 Å². The minimum atomic E-state index is 0.0898. The van der Waals surface area contributed by atoms with Crippen molar-refractivity contribution < 1.29 is 9.53 Å². The number of hydrogen-bond donors (Lipinski definition) is 1. The van der Waals surface area contributed by atoms with Crippen LogP contribution >= 0.6 is 12.6 Å². The van der Waals surface area contributed by atoms with E-state index in [-0.39, 0.29) is 5.91 Å². The van der Waals surface area contributed by atoms with Crippen LogP contribution in [0.1, 0.15) is 15.9 Å². The van der Waals surface area contributed by atoms with Gasteiger partial charge >= 0.3 is 0 Å². The summed E-state index contributed by atoms with van der Waals surface area (Å²) in [7, 11) is 0. The fraction of sp³-hybridized carbons (Fsp3) is 0.417. The van der Waals surface area contributed by atoms with Gasteiger partial charge in [-0.1, -0.05) is 12.1 Å². The molecule has 4 heteroatoms. The molecule has 0 radical (unpaired) electrons. The summed E-state index contributed by atoms with van der Waals surface area (Å²) >= 11 is 4.21. The van der Waals surface area contributed by atoms with E-state index in [4.69, 9.17) is 4.74 Å². The third kappa shape index (κ3) is 2.57. The smallest absolute Gasteiger partial charge is 0.254 e. The lowest BCUT2D eigenvalue weighted by Crippen LogP contribution is -2.40. The summed E-state index contributed by atoms with van der Waals surface area (Å²) in [5, 5.41) is 0. The van der Waals surface area contributed by atoms with Crippen LogP contribution in [0.2, 0.25) is 0 Å². The number of nitrogens with zero attached hydrogens (tertiary/aromatic N) is 1. The third-order valence-electron chi connectivity index (χ3n) is 2.65. The number of thiol groups is 1. The molecule has 2 rings (SSSR count). The van der Waals surface area contributed by atoms with Crippen molar-refractivity contribution in [2.45, 2.75) is 5.75 Å². The summed E-state index contributed by atoms with van der Waals surface area (Å²) in [6.07, 6.45) is 0. The van der Waals surface area contributed by atoms with Crippen molar-refractivity contribution in [1.82, 2.24) is 4.90 Å². The Hall–Kier alpha value is -1.00. The van der Waals surface area contributed by atoms with Gasteiger partial charge in [0.25, 0.3) is 5.91 Å². The van der Waals surface area contributed by atoms with Crippen LogP contribution in [0.3, 0.4) is 0 Å². The van der Waals surface area contributed by atoms with E-state index in [1.54, 1.807) is 0 Å². The summed E-state index contributed by atoms with van der Waals surface area (Å²) < 4.78 is 5.22. The predicted octanol–water partition coefficient (Wildman–Crippen LogP) is 1.59. The van der Waals surface area contributed by atoms with E-state index in [1.165, 1.54) is 0 Å². The molecule has 0 unspecified atom stereocenters. The van der Waals surface area contributed by atoms with Crippen LogP contribution in [0.5, 0.6) is 0 Å². The van der Waals surface area contributed by atoms with E-state index < -0.39 is 0 Å². The van der Waals surface area contributed by atoms with E-state index >= 15 is 0 Å². The maximum absolute atomic E-state index is 12.1. The molecule has 1 fully saturated rings. The highest BCUT2D eigenvalue weighted by atomic mass is 32.1. The predicted molar refractivity (Wildman–Crippen MR) is 65.9 cm³/mol. The lowest BCUT2D eigenvalue weighted by molar-refractivity contribution is 0.0303. The number of carbonyl (C=O) groups is 1. The molecular weight excluding hydrogens is 222 g/mol. The summed E-state index contributed by atoms with van der Waals surface area (Å²) in [5.41, 5.74) is 1.82. The van der Waals surface area contributed by atoms with Gasteiger partial charge in [-0.25, -0.2) is 0 Å². The fourth-order valence-corrected chi connectivity index (χ4v) is 1.95. The molecule has 0 aliphatic carbocycles. The Kier molecular flexibility index (Phi) is 3.85. The molecule has 16 heavy (non-hydrogen) atoms. The molecule has 3 nitrogen and oxygen atoms in total. The average Bonchev–Trinajstić information content (AvgIpc) is 2.39. The minimum absolute atomic E-state index is 0.0898. The largest absolute Gasteiger partial charge is 0.378 e. The second-order valence-electron chi connectivity index (χ2n) is 3.76. The average molecular weight is 237 g/mol. The SMILES string of the molecule is O=C(c1cccc(CS)c1)N1CCOCC1. The van der Waals surface area contributed by atoms with Crippen LogP contribution in [0, 0.1) is 0 Å². The molecule has 0 N–H and O–H groups in total. The molecule has 1 heterocycles. The molecule has 1 saturated heterocycles. The number of carbonyl (C=O) groups excluding carboxylic acids is 1. The van der Waals surface area contributed by atoms with Gasteiger partial charge in [-0.05, 0) is 17.7 Å². The Morgan fingerprint density at radius 3 is 2.81 bits per heavy atom. The van der Waals surface area contributed by atoms with Crippen LogP contribution in [0.15, 0.2) is 24.3 Å². The zero-order valence-electron chi connectivity index (χ0n) is 9.06. The minimum Gasteiger partial charge on any atom is -0.378 e. The van der Waals surface area contributed by atoms with Crippen molar-refractivity contribution >= 4 is 18.5 Å². The summed E-state index contributed by atoms with van der Waals surface area (Å²) in [6, 6.07) is 7.64. The molecule has 0 bridgehead atoms. The number of ether oxygens (including phenoxy) is 1. The number of rotatable bonds is 2. The van der Waals surface area contributed by atoms with E-state index in [0.717, 1.165) is 11.1 Å². The van der Waals surface area contributed by atoms with Crippen molar-refractivity contribution in [3.8, 4) is 0 Å². The quantitative estimate of drug-likeness (QED) is 0.792. The summed E-state index contributed by atoms with van der Waals surface area (Å²) in [5.74, 6) is 0.747. The standard InChI is InChI=1S/C12H15NO2S/c14-12(13-4-6-15-7-5-13)11-3-1-2-10(8-11)9-16/h1-3,8,16H,4-7,9H2. The molecule has 0 saturated carbocycles. The maximum atomic E-state index is 12.1. The molecule has 86 valence electrons. The molecule has 1 aliphatic heterocycles. The van der Waals surface area contributed by atoms with Gasteiger partial charge in [0.1, 0.15) is 0 Å². The number of amides is 1. The zero-order chi connectivity index (χ0) is 11.4. The zero-order valence-corrected chi connectivity index (χ0v) is 9.95. The van der Waals surface area contributed by atoms with Gasteiger partial charge in [0, 0.05) is 24.4 Å². The van der Waals surface area contributed by atoms with Crippen LogP contribution in [-0.2, 0) is 10.5 Å². The first-order valence-electron chi connectivity index (χ1n) is 5.38. The molecule has 1 aromatic rings. The highest BCUT2D eigenvalue weighted by Gasteiger charge is 2.18. The Morgan fingerprint density at radius 1 is 1.38 bits per heavy atom. The first-order chi connectivity index (χ1) is 7.81. The molecule has 0 spiro atoms. The monoisotopic (exact) mass is 237 g/mol. The topological polar surface area (TPSA) is 29.5 Å². The first kappa shape index (κ1) is 11.5. The van der Waals surface area contributed by atoms with Gasteiger partial charge in [-0.15, -0.1) is 0 Å². The molecule has 0 atom stereocenters.